The van der Waals surface area contributed by atoms with Crippen LogP contribution >= 0.6 is 0 Å². The van der Waals surface area contributed by atoms with Crippen molar-refractivity contribution in [2.24, 2.45) is 0 Å². The van der Waals surface area contributed by atoms with Gasteiger partial charge in [0, 0.05) is 61.0 Å². The number of nitrogens with zero attached hydrogens (tertiary/aromatic N) is 2. The molecule has 6 aliphatic rings. The minimum atomic E-state index is -0.395. The van der Waals surface area contributed by atoms with Crippen molar-refractivity contribution in [3.63, 3.8) is 0 Å². The SMILES string of the molecule is O=C1c2cc3c(cc2C2c4ccccc4C1c1ccccc12)c1cc2c4ccccc4n(-c4ccc(-c5ccccc5)cc4)c2c2c4cc5c(cc4n3c12)C(=O)C1c2ccccc2C5c2ccccc21. The molecule has 3 heterocycles. The molecule has 324 valence electrons. The van der Waals surface area contributed by atoms with Gasteiger partial charge in [-0.3, -0.25) is 9.59 Å². The summed E-state index contributed by atoms with van der Waals surface area (Å²) in [6, 6.07) is 74.3. The largest absolute Gasteiger partial charge is 0.309 e. The minimum absolute atomic E-state index is 0.0840. The number of benzene rings is 10. The Morgan fingerprint density at radius 2 is 0.729 bits per heavy atom. The Bertz CT molecular complexity index is 4440. The molecule has 4 bridgehead atoms. The lowest BCUT2D eigenvalue weighted by Crippen LogP contribution is -2.19. The molecule has 0 radical (unpaired) electrons. The molecule has 0 spiro atoms. The summed E-state index contributed by atoms with van der Waals surface area (Å²) in [4.78, 5) is 31.0. The Kier molecular flexibility index (Phi) is 6.91. The smallest absolute Gasteiger partial charge is 0.175 e. The molecular formula is C66H38N2O2. The Morgan fingerprint density at radius 1 is 0.300 bits per heavy atom. The number of para-hydroxylation sites is 1. The zero-order valence-corrected chi connectivity index (χ0v) is 37.7. The average Bonchev–Trinajstić information content (AvgIpc) is 3.94. The minimum Gasteiger partial charge on any atom is -0.309 e. The summed E-state index contributed by atoms with van der Waals surface area (Å²) in [6.45, 7) is 0. The number of ketones is 2. The first kappa shape index (κ1) is 37.2. The van der Waals surface area contributed by atoms with Crippen LogP contribution in [0.25, 0.3) is 76.7 Å². The van der Waals surface area contributed by atoms with Gasteiger partial charge >= 0.3 is 0 Å². The molecule has 0 atom stereocenters. The third-order valence-electron chi connectivity index (χ3n) is 16.9. The standard InChI is InChI=1S/C66H38N2O2/c69-65-52-33-56-47(30-48(52)58-39-17-4-8-21-43(39)60(65)44-22-9-5-18-40(44)58)51-32-50-38-16-12-13-25-55(38)67(37-28-26-36(27-29-37)35-14-2-1-3-15-35)63(50)62-54-31-49-53(34-57(54)68(56)64(51)62)66(70)61-45-23-10-6-19-41(45)59(49)42-20-7-11-24-46(42)61/h1-34,58-61H. The third-order valence-corrected chi connectivity index (χ3v) is 16.9. The van der Waals surface area contributed by atoms with Crippen LogP contribution in [0.1, 0.15) is 100 Å². The van der Waals surface area contributed by atoms with E-state index >= 15 is 9.59 Å². The van der Waals surface area contributed by atoms with Gasteiger partial charge in [-0.05, 0) is 115 Å². The third kappa shape index (κ3) is 4.44. The number of Topliss-reactive ketones (excluding diaryl/α,β-unsaturated/α-hetero) is 2. The monoisotopic (exact) mass is 890 g/mol. The van der Waals surface area contributed by atoms with Crippen molar-refractivity contribution in [3.05, 3.63) is 273 Å². The Morgan fingerprint density at radius 3 is 1.27 bits per heavy atom. The second kappa shape index (κ2) is 13.0. The highest BCUT2D eigenvalue weighted by atomic mass is 16.1. The van der Waals surface area contributed by atoms with Gasteiger partial charge in [-0.15, -0.1) is 0 Å². The van der Waals surface area contributed by atoms with E-state index in [9.17, 15) is 0 Å². The first-order valence-corrected chi connectivity index (χ1v) is 24.5. The number of aromatic nitrogens is 2. The molecule has 0 saturated carbocycles. The molecule has 0 fully saturated rings. The van der Waals surface area contributed by atoms with Crippen LogP contribution in [0, 0.1) is 0 Å². The zero-order valence-electron chi connectivity index (χ0n) is 37.7. The maximum atomic E-state index is 15.5. The van der Waals surface area contributed by atoms with E-state index in [2.05, 4.69) is 215 Å². The highest BCUT2D eigenvalue weighted by Gasteiger charge is 2.45. The number of hydrogen-bond donors (Lipinski definition) is 0. The Labute approximate surface area is 401 Å². The van der Waals surface area contributed by atoms with Crippen LogP contribution in [0.15, 0.2) is 206 Å². The molecule has 3 aromatic heterocycles. The van der Waals surface area contributed by atoms with Crippen LogP contribution in [0.5, 0.6) is 0 Å². The Balaban J connectivity index is 1.04. The summed E-state index contributed by atoms with van der Waals surface area (Å²) in [5.41, 5.74) is 21.7. The summed E-state index contributed by atoms with van der Waals surface area (Å²) in [7, 11) is 0. The van der Waals surface area contributed by atoms with Gasteiger partial charge in [-0.1, -0.05) is 158 Å². The second-order valence-corrected chi connectivity index (χ2v) is 20.0. The van der Waals surface area contributed by atoms with Crippen molar-refractivity contribution in [2.75, 3.05) is 0 Å². The summed E-state index contributed by atoms with van der Waals surface area (Å²) in [5.74, 6) is -0.699. The van der Waals surface area contributed by atoms with Gasteiger partial charge in [0.2, 0.25) is 0 Å². The van der Waals surface area contributed by atoms with Crippen LogP contribution in [-0.2, 0) is 0 Å². The van der Waals surface area contributed by atoms with Crippen LogP contribution in [0.3, 0.4) is 0 Å². The van der Waals surface area contributed by atoms with Gasteiger partial charge in [0.25, 0.3) is 0 Å². The first-order valence-electron chi connectivity index (χ1n) is 24.5. The van der Waals surface area contributed by atoms with E-state index in [0.717, 1.165) is 99.3 Å². The van der Waals surface area contributed by atoms with Gasteiger partial charge in [0.1, 0.15) is 0 Å². The molecule has 0 aliphatic heterocycles. The van der Waals surface area contributed by atoms with E-state index in [1.165, 1.54) is 44.2 Å². The van der Waals surface area contributed by atoms with Crippen molar-refractivity contribution in [2.45, 2.75) is 23.7 Å². The summed E-state index contributed by atoms with van der Waals surface area (Å²) in [5, 5.41) is 6.85. The predicted molar refractivity (Wildman–Crippen MR) is 281 cm³/mol. The lowest BCUT2D eigenvalue weighted by atomic mass is 9.72. The van der Waals surface area contributed by atoms with Crippen molar-refractivity contribution >= 4 is 71.5 Å². The molecule has 10 aromatic carbocycles. The highest BCUT2D eigenvalue weighted by molar-refractivity contribution is 6.35. The summed E-state index contributed by atoms with van der Waals surface area (Å²) >= 11 is 0. The molecule has 4 nitrogen and oxygen atoms in total. The lowest BCUT2D eigenvalue weighted by Gasteiger charge is -2.30. The number of carbonyl (C=O) groups excluding carboxylic acids is 2. The molecule has 0 amide bonds. The quantitative estimate of drug-likeness (QED) is 0.174. The first-order chi connectivity index (χ1) is 34.6. The fourth-order valence-electron chi connectivity index (χ4n) is 14.1. The van der Waals surface area contributed by atoms with E-state index < -0.39 is 5.92 Å². The summed E-state index contributed by atoms with van der Waals surface area (Å²) in [6.07, 6.45) is 0. The second-order valence-electron chi connectivity index (χ2n) is 20.0. The predicted octanol–water partition coefficient (Wildman–Crippen LogP) is 15.2. The molecule has 0 unspecified atom stereocenters. The van der Waals surface area contributed by atoms with Gasteiger partial charge in [-0.2, -0.15) is 0 Å². The van der Waals surface area contributed by atoms with E-state index in [-0.39, 0.29) is 29.3 Å². The number of carbonyl (C=O) groups is 2. The van der Waals surface area contributed by atoms with E-state index in [1.807, 2.05) is 0 Å². The average molecular weight is 891 g/mol. The van der Waals surface area contributed by atoms with Crippen LogP contribution in [-0.4, -0.2) is 20.5 Å². The molecule has 13 aromatic rings. The van der Waals surface area contributed by atoms with Crippen molar-refractivity contribution < 1.29 is 9.59 Å². The van der Waals surface area contributed by atoms with Crippen LogP contribution in [0.2, 0.25) is 0 Å². The number of fused-ring (bicyclic) bond motifs is 10. The highest BCUT2D eigenvalue weighted by Crippen LogP contribution is 2.56. The van der Waals surface area contributed by atoms with Crippen LogP contribution < -0.4 is 0 Å². The molecular weight excluding hydrogens is 853 g/mol. The maximum absolute atomic E-state index is 15.5. The van der Waals surface area contributed by atoms with E-state index in [0.29, 0.717) is 0 Å². The van der Waals surface area contributed by atoms with Gasteiger partial charge in [-0.25, -0.2) is 0 Å². The fraction of sp³-hybridized carbons (Fsp3) is 0.0606. The molecule has 19 rings (SSSR count). The van der Waals surface area contributed by atoms with Crippen LogP contribution in [0.4, 0.5) is 0 Å². The maximum Gasteiger partial charge on any atom is 0.175 e. The summed E-state index contributed by atoms with van der Waals surface area (Å²) < 4.78 is 4.88. The van der Waals surface area contributed by atoms with E-state index in [1.54, 1.807) is 0 Å². The lowest BCUT2D eigenvalue weighted by molar-refractivity contribution is 0.0966. The number of rotatable bonds is 2. The molecule has 0 saturated heterocycles. The Hall–Kier alpha value is -8.86. The molecule has 6 aliphatic carbocycles. The normalized spacial score (nSPS) is 18.3. The van der Waals surface area contributed by atoms with Gasteiger partial charge < -0.3 is 8.97 Å². The fourth-order valence-corrected chi connectivity index (χ4v) is 14.1. The molecule has 4 heteroatoms. The van der Waals surface area contributed by atoms with E-state index in [4.69, 9.17) is 0 Å². The molecule has 70 heavy (non-hydrogen) atoms. The van der Waals surface area contributed by atoms with Gasteiger partial charge in [0.15, 0.2) is 11.6 Å². The van der Waals surface area contributed by atoms with Crippen molar-refractivity contribution in [3.8, 4) is 16.8 Å². The number of hydrogen-bond acceptors (Lipinski definition) is 2. The zero-order chi connectivity index (χ0) is 45.7. The van der Waals surface area contributed by atoms with Crippen molar-refractivity contribution in [1.29, 1.82) is 0 Å². The topological polar surface area (TPSA) is 43.5 Å². The van der Waals surface area contributed by atoms with Gasteiger partial charge in [0.05, 0.1) is 39.4 Å². The van der Waals surface area contributed by atoms with Crippen molar-refractivity contribution in [1.82, 2.24) is 8.97 Å². The molecule has 0 N–H and O–H groups in total.